The number of carbonyl (C=O) groups is 1. The topological polar surface area (TPSA) is 146 Å². The molecule has 0 saturated heterocycles. The highest BCUT2D eigenvalue weighted by atomic mass is 16.6. The molecule has 1 amide bonds. The lowest BCUT2D eigenvalue weighted by Gasteiger charge is -2.21. The lowest BCUT2D eigenvalue weighted by atomic mass is 10.1. The summed E-state index contributed by atoms with van der Waals surface area (Å²) in [5, 5.41) is 28.4. The monoisotopic (exact) mass is 540 g/mol. The molecule has 0 radical (unpaired) electrons. The highest BCUT2D eigenvalue weighted by Gasteiger charge is 2.21. The molecule has 0 heterocycles. The van der Waals surface area contributed by atoms with Gasteiger partial charge >= 0.3 is 6.09 Å². The quantitative estimate of drug-likeness (QED) is 0.105. The van der Waals surface area contributed by atoms with Gasteiger partial charge in [0.1, 0.15) is 11.4 Å². The van der Waals surface area contributed by atoms with Crippen molar-refractivity contribution in [2.75, 3.05) is 10.6 Å². The summed E-state index contributed by atoms with van der Waals surface area (Å²) in [6.07, 6.45) is 5.74. The fraction of sp³-hybridized carbons (Fsp3) is 0.393. The Kier molecular flexibility index (Phi) is 11.0. The zero-order valence-electron chi connectivity index (χ0n) is 22.9. The lowest BCUT2D eigenvalue weighted by molar-refractivity contribution is -0.394. The van der Waals surface area contributed by atoms with Crippen molar-refractivity contribution >= 4 is 34.6 Å². The number of nitrogens with zero attached hydrogens (tertiary/aromatic N) is 2. The third-order valence-corrected chi connectivity index (χ3v) is 5.40. The smallest absolute Gasteiger partial charge is 0.412 e. The van der Waals surface area contributed by atoms with E-state index >= 15 is 0 Å². The number of nitro benzene ring substituents is 2. The average Bonchev–Trinajstić information content (AvgIpc) is 2.83. The predicted molar refractivity (Wildman–Crippen MR) is 152 cm³/mol. The van der Waals surface area contributed by atoms with Gasteiger partial charge in [0, 0.05) is 29.1 Å². The van der Waals surface area contributed by atoms with Gasteiger partial charge in [-0.05, 0) is 51.8 Å². The van der Waals surface area contributed by atoms with E-state index in [2.05, 4.69) is 30.7 Å². The second kappa shape index (κ2) is 13.9. The molecule has 0 aliphatic rings. The van der Waals surface area contributed by atoms with Crippen LogP contribution in [0.15, 0.2) is 55.3 Å². The van der Waals surface area contributed by atoms with Gasteiger partial charge in [-0.3, -0.25) is 25.5 Å². The van der Waals surface area contributed by atoms with Crippen molar-refractivity contribution in [2.24, 2.45) is 0 Å². The van der Waals surface area contributed by atoms with E-state index in [0.717, 1.165) is 43.2 Å². The zero-order chi connectivity index (χ0) is 29.2. The van der Waals surface area contributed by atoms with Gasteiger partial charge in [-0.25, -0.2) is 4.79 Å². The molecule has 0 fully saturated rings. The molecule has 0 saturated carbocycles. The van der Waals surface area contributed by atoms with Crippen LogP contribution < -0.4 is 15.4 Å². The van der Waals surface area contributed by atoms with E-state index in [4.69, 9.17) is 9.47 Å². The Morgan fingerprint density at radius 1 is 0.923 bits per heavy atom. The Bertz CT molecular complexity index is 1200. The molecule has 11 heteroatoms. The third kappa shape index (κ3) is 10.5. The standard InChI is InChI=1S/C28H36N4O7/c1-7-8-9-10-11-12-19(2)29-22-13-14-26(25(17-22)30-27(33)39-28(4,5)6)38-20(3)21-15-23(31(34)35)18-24(16-21)32(36)37/h13-18,29H,2-3,7-12H2,1,4-6H3,(H,30,33). The maximum Gasteiger partial charge on any atom is 0.412 e. The molecule has 2 N–H and O–H groups in total. The van der Waals surface area contributed by atoms with Crippen LogP contribution in [0.25, 0.3) is 5.76 Å². The van der Waals surface area contributed by atoms with Crippen molar-refractivity contribution in [3.63, 3.8) is 0 Å². The minimum Gasteiger partial charge on any atom is -0.455 e. The van der Waals surface area contributed by atoms with E-state index in [1.807, 2.05) is 0 Å². The molecule has 2 aromatic rings. The molecule has 0 spiro atoms. The summed E-state index contributed by atoms with van der Waals surface area (Å²) < 4.78 is 11.2. The molecule has 0 aromatic heterocycles. The Morgan fingerprint density at radius 2 is 1.54 bits per heavy atom. The molecular formula is C28H36N4O7. The molecule has 0 bridgehead atoms. The van der Waals surface area contributed by atoms with Crippen LogP contribution in [0.1, 0.15) is 71.8 Å². The van der Waals surface area contributed by atoms with Gasteiger partial charge < -0.3 is 14.8 Å². The molecule has 0 aliphatic heterocycles. The van der Waals surface area contributed by atoms with Crippen molar-refractivity contribution in [2.45, 2.75) is 71.8 Å². The molecular weight excluding hydrogens is 504 g/mol. The lowest BCUT2D eigenvalue weighted by Crippen LogP contribution is -2.27. The SMILES string of the molecule is C=C(CCCCCCC)Nc1ccc(OC(=C)c2cc([N+](=O)[O-])cc([N+](=O)[O-])c2)c(NC(=O)OC(C)(C)C)c1. The maximum atomic E-state index is 12.5. The summed E-state index contributed by atoms with van der Waals surface area (Å²) >= 11 is 0. The number of allylic oxidation sites excluding steroid dienone is 1. The Morgan fingerprint density at radius 3 is 2.10 bits per heavy atom. The van der Waals surface area contributed by atoms with Crippen molar-refractivity contribution in [1.82, 2.24) is 0 Å². The first-order valence-electron chi connectivity index (χ1n) is 12.7. The van der Waals surface area contributed by atoms with E-state index in [1.54, 1.807) is 39.0 Å². The van der Waals surface area contributed by atoms with E-state index in [9.17, 15) is 25.0 Å². The number of unbranched alkanes of at least 4 members (excludes halogenated alkanes) is 4. The number of nitro groups is 2. The molecule has 2 rings (SSSR count). The number of benzene rings is 2. The second-order valence-corrected chi connectivity index (χ2v) is 10.0. The van der Waals surface area contributed by atoms with Crippen LogP contribution in [0.5, 0.6) is 5.75 Å². The average molecular weight is 541 g/mol. The summed E-state index contributed by atoms with van der Waals surface area (Å²) in [5.74, 6) is 0.0574. The van der Waals surface area contributed by atoms with Gasteiger partial charge in [-0.2, -0.15) is 0 Å². The molecule has 0 atom stereocenters. The third-order valence-electron chi connectivity index (χ3n) is 5.40. The number of amides is 1. The van der Waals surface area contributed by atoms with Gasteiger partial charge in [-0.1, -0.05) is 45.8 Å². The fourth-order valence-electron chi connectivity index (χ4n) is 3.58. The van der Waals surface area contributed by atoms with E-state index in [0.29, 0.717) is 5.69 Å². The normalized spacial score (nSPS) is 10.9. The Hall–Kier alpha value is -4.41. The first-order valence-corrected chi connectivity index (χ1v) is 12.7. The molecule has 210 valence electrons. The van der Waals surface area contributed by atoms with Gasteiger partial charge in [0.25, 0.3) is 11.4 Å². The second-order valence-electron chi connectivity index (χ2n) is 10.0. The van der Waals surface area contributed by atoms with Gasteiger partial charge in [0.2, 0.25) is 0 Å². The largest absolute Gasteiger partial charge is 0.455 e. The van der Waals surface area contributed by atoms with Crippen molar-refractivity contribution < 1.29 is 24.1 Å². The van der Waals surface area contributed by atoms with Crippen LogP contribution in [0.3, 0.4) is 0 Å². The summed E-state index contributed by atoms with van der Waals surface area (Å²) in [6, 6.07) is 8.00. The van der Waals surface area contributed by atoms with E-state index < -0.39 is 32.9 Å². The number of ether oxygens (including phenoxy) is 2. The van der Waals surface area contributed by atoms with Crippen LogP contribution in [-0.2, 0) is 4.74 Å². The number of nitrogens with one attached hydrogen (secondary N) is 2. The number of carbonyl (C=O) groups excluding carboxylic acids is 1. The van der Waals surface area contributed by atoms with Crippen molar-refractivity contribution in [3.05, 3.63) is 81.0 Å². The van der Waals surface area contributed by atoms with E-state index in [1.165, 1.54) is 19.3 Å². The van der Waals surface area contributed by atoms with Crippen molar-refractivity contribution in [1.29, 1.82) is 0 Å². The number of anilines is 2. The van der Waals surface area contributed by atoms with Crippen LogP contribution in [-0.4, -0.2) is 21.5 Å². The zero-order valence-corrected chi connectivity index (χ0v) is 22.9. The summed E-state index contributed by atoms with van der Waals surface area (Å²) in [7, 11) is 0. The van der Waals surface area contributed by atoms with E-state index in [-0.39, 0.29) is 22.8 Å². The minimum atomic E-state index is -0.751. The molecule has 2 aromatic carbocycles. The number of rotatable bonds is 14. The highest BCUT2D eigenvalue weighted by molar-refractivity contribution is 5.88. The number of hydrogen-bond donors (Lipinski definition) is 2. The molecule has 11 nitrogen and oxygen atoms in total. The van der Waals surface area contributed by atoms with Gasteiger partial charge in [0.05, 0.1) is 21.6 Å². The van der Waals surface area contributed by atoms with Crippen LogP contribution in [0.4, 0.5) is 27.5 Å². The number of hydrogen-bond acceptors (Lipinski definition) is 8. The summed E-state index contributed by atoms with van der Waals surface area (Å²) in [5.41, 5.74) is 0.00940. The van der Waals surface area contributed by atoms with Crippen LogP contribution >= 0.6 is 0 Å². The number of non-ortho nitro benzene ring substituents is 2. The van der Waals surface area contributed by atoms with Gasteiger partial charge in [-0.15, -0.1) is 0 Å². The summed E-state index contributed by atoms with van der Waals surface area (Å²) in [6.45, 7) is 15.2. The van der Waals surface area contributed by atoms with Crippen LogP contribution in [0.2, 0.25) is 0 Å². The minimum absolute atomic E-state index is 0.0396. The summed E-state index contributed by atoms with van der Waals surface area (Å²) in [4.78, 5) is 33.6. The maximum absolute atomic E-state index is 12.5. The molecule has 39 heavy (non-hydrogen) atoms. The molecule has 0 aliphatic carbocycles. The Balaban J connectivity index is 2.30. The predicted octanol–water partition coefficient (Wildman–Crippen LogP) is 8.19. The van der Waals surface area contributed by atoms with Gasteiger partial charge in [0.15, 0.2) is 5.75 Å². The fourth-order valence-corrected chi connectivity index (χ4v) is 3.58. The van der Waals surface area contributed by atoms with Crippen molar-refractivity contribution in [3.8, 4) is 5.75 Å². The first kappa shape index (κ1) is 30.8. The first-order chi connectivity index (χ1) is 18.3. The highest BCUT2D eigenvalue weighted by Crippen LogP contribution is 2.34. The van der Waals surface area contributed by atoms with Crippen LogP contribution in [0, 0.1) is 20.2 Å². The molecule has 0 unspecified atom stereocenters. The Labute approximate surface area is 228 Å².